The van der Waals surface area contributed by atoms with Crippen molar-refractivity contribution in [2.75, 3.05) is 57.6 Å². The Hall–Kier alpha value is -6.89. The molecule has 19 N–H and O–H groups in total. The van der Waals surface area contributed by atoms with Gasteiger partial charge in [-0.25, -0.2) is 42.6 Å². The van der Waals surface area contributed by atoms with Crippen molar-refractivity contribution in [2.45, 2.75) is 145 Å². The first kappa shape index (κ1) is 81.6. The van der Waals surface area contributed by atoms with Gasteiger partial charge in [0.1, 0.15) is 86.1 Å². The van der Waals surface area contributed by atoms with Gasteiger partial charge in [0.05, 0.1) is 51.8 Å². The molecule has 5 aliphatic rings. The fourth-order valence-corrected chi connectivity index (χ4v) is 15.6. The number of aromatic nitrogens is 14. The van der Waals surface area contributed by atoms with Crippen LogP contribution in [0.25, 0.3) is 22.3 Å². The standard InChI is InChI=1S/C50H64N16O31P4.C2H8N2.Pt/c1-19-9-62(48(74)59-41(19)69)32-4-22(68)28(90-32)13-85-98(77,78)96-25-7-35(65-17-53-37-39(65)55-46(51)57-44(37)72)92-30(25)15-88-101(83,84)97-26-8-36(66-18-54-38-40(66)56-47(52)58-45(38)73)93-31(26)16-87-100(81,82)95-24-6-34(64-11-21(3)43(71)61-50(64)76)91-29(24)14-86-99(79,80)94-23-5-33(89-27(23)12-67)63-10-20(2)42(70)60-49(63)75;3-1-2-4;/h9-11,17-18,22-36,67-68H,4-8,12-16H2,1-3H3,(H,77,78)(H,79,80)(H,81,82)(H,83,84)(H,59,69,74)(H,60,70,75)(H,61,71,76)(H3,51,55,57,72)(H3,52,56,58,73);1-4H2;/q;;+2/t22-,23-,24-,25-,26-,27+,28+,29+,30+,31+,32+,33+,34+,35+,36+;;/m0../s1. The fourth-order valence-electron chi connectivity index (χ4n) is 11.8. The maximum absolute atomic E-state index is 14.3. The van der Waals surface area contributed by atoms with Gasteiger partial charge in [-0.3, -0.25) is 108 Å². The van der Waals surface area contributed by atoms with E-state index in [1.165, 1.54) is 37.7 Å². The van der Waals surface area contributed by atoms with Gasteiger partial charge < -0.3 is 76.4 Å². The first-order valence-corrected chi connectivity index (χ1v) is 37.5. The van der Waals surface area contributed by atoms with Crippen LogP contribution in [0.3, 0.4) is 0 Å². The van der Waals surface area contributed by atoms with Crippen LogP contribution in [-0.2, 0) is 99.2 Å². The van der Waals surface area contributed by atoms with Gasteiger partial charge in [0.15, 0.2) is 22.3 Å². The van der Waals surface area contributed by atoms with Gasteiger partial charge in [0.2, 0.25) is 11.9 Å². The Bertz CT molecular complexity index is 5080. The summed E-state index contributed by atoms with van der Waals surface area (Å²) in [6, 6.07) is 0. The van der Waals surface area contributed by atoms with E-state index in [1.807, 2.05) is 0 Å². The largest absolute Gasteiger partial charge is 2.00 e. The third-order valence-electron chi connectivity index (χ3n) is 16.8. The topological polar surface area (TPSA) is 705 Å². The van der Waals surface area contributed by atoms with Crippen molar-refractivity contribution < 1.29 is 129 Å². The fraction of sp³-hybridized carbons (Fsp3) is 0.577. The van der Waals surface area contributed by atoms with Crippen molar-refractivity contribution in [3.8, 4) is 0 Å². The minimum absolute atomic E-state index is 0. The number of ether oxygens (including phenoxy) is 5. The van der Waals surface area contributed by atoms with Gasteiger partial charge in [0.25, 0.3) is 27.8 Å². The number of H-pyrrole nitrogens is 5. The zero-order valence-corrected chi connectivity index (χ0v) is 61.2. The monoisotopic (exact) mass is 1760 g/mol. The Morgan fingerprint density at radius 1 is 0.453 bits per heavy atom. The van der Waals surface area contributed by atoms with E-state index in [2.05, 4.69) is 44.9 Å². The summed E-state index contributed by atoms with van der Waals surface area (Å²) in [4.78, 5) is 173. The Labute approximate surface area is 605 Å². The molecule has 12 heterocycles. The number of fused-ring (bicyclic) bond motifs is 2. The number of nitrogens with one attached hydrogen (secondary N) is 5. The minimum Gasteiger partial charge on any atom is -0.394 e. The Morgan fingerprint density at radius 2 is 0.736 bits per heavy atom. The number of phosphoric ester groups is 4. The van der Waals surface area contributed by atoms with E-state index < -0.39 is 221 Å². The third kappa shape index (κ3) is 18.9. The number of aromatic amines is 5. The maximum atomic E-state index is 14.3. The van der Waals surface area contributed by atoms with Gasteiger partial charge in [-0.15, -0.1) is 0 Å². The number of nitrogen functional groups attached to an aromatic ring is 2. The Morgan fingerprint density at radius 3 is 1.06 bits per heavy atom. The predicted octanol–water partition coefficient (Wildman–Crippen LogP) is -4.31. The molecule has 5 saturated heterocycles. The number of hydrogen-bond donors (Lipinski definition) is 15. The molecule has 0 amide bonds. The summed E-state index contributed by atoms with van der Waals surface area (Å²) in [7, 11) is -21.8. The van der Waals surface area contributed by atoms with Crippen LogP contribution in [0, 0.1) is 20.8 Å². The van der Waals surface area contributed by atoms with E-state index in [0.717, 1.165) is 37.1 Å². The molecule has 0 aromatic carbocycles. The van der Waals surface area contributed by atoms with Crippen molar-refractivity contribution in [2.24, 2.45) is 11.5 Å². The molecule has 0 saturated carbocycles. The molecule has 54 heteroatoms. The first-order chi connectivity index (χ1) is 49.5. The van der Waals surface area contributed by atoms with Gasteiger partial charge in [-0.2, -0.15) is 9.97 Å². The van der Waals surface area contributed by atoms with E-state index in [4.69, 9.17) is 82.8 Å². The summed E-state index contributed by atoms with van der Waals surface area (Å²) in [5.74, 6) is -0.732. The molecule has 0 aliphatic carbocycles. The zero-order chi connectivity index (χ0) is 75.9. The van der Waals surface area contributed by atoms with Crippen molar-refractivity contribution in [1.82, 2.24) is 67.7 Å². The number of nitrogens with two attached hydrogens (primary N) is 4. The second-order valence-corrected chi connectivity index (χ2v) is 29.9. The molecular weight excluding hydrogens is 1690 g/mol. The Kier molecular flexibility index (Phi) is 25.5. The van der Waals surface area contributed by atoms with Gasteiger partial charge in [0, 0.05) is 80.5 Å². The molecule has 5 fully saturated rings. The van der Waals surface area contributed by atoms with Crippen molar-refractivity contribution >= 4 is 65.5 Å². The summed E-state index contributed by atoms with van der Waals surface area (Å²) in [5.41, 5.74) is 14.4. The minimum atomic E-state index is -5.56. The second kappa shape index (κ2) is 33.1. The molecule has 12 rings (SSSR count). The van der Waals surface area contributed by atoms with E-state index in [1.54, 1.807) is 0 Å². The summed E-state index contributed by atoms with van der Waals surface area (Å²) in [6.07, 6.45) is -18.9. The van der Waals surface area contributed by atoms with Crippen LogP contribution in [-0.4, -0.2) is 205 Å². The summed E-state index contributed by atoms with van der Waals surface area (Å²) >= 11 is 0. The van der Waals surface area contributed by atoms with Crippen molar-refractivity contribution in [1.29, 1.82) is 0 Å². The number of imidazole rings is 2. The molecular formula is C52H72N18O31P4Pt+2. The van der Waals surface area contributed by atoms with Crippen LogP contribution in [0.5, 0.6) is 0 Å². The number of aliphatic hydroxyl groups excluding tert-OH is 2. The van der Waals surface area contributed by atoms with Crippen LogP contribution < -0.4 is 67.8 Å². The molecule has 0 spiro atoms. The van der Waals surface area contributed by atoms with E-state index >= 15 is 0 Å². The predicted molar refractivity (Wildman–Crippen MR) is 350 cm³/mol. The van der Waals surface area contributed by atoms with Gasteiger partial charge in [-0.05, 0) is 20.8 Å². The molecule has 7 aromatic rings. The van der Waals surface area contributed by atoms with E-state index in [0.29, 0.717) is 13.1 Å². The van der Waals surface area contributed by atoms with E-state index in [-0.39, 0.29) is 84.8 Å². The number of phosphoric acid groups is 4. The smallest absolute Gasteiger partial charge is 0.394 e. The quantitative estimate of drug-likeness (QED) is 0.0217. The average molecular weight is 1760 g/mol. The number of aliphatic hydroxyl groups is 2. The molecule has 19 atom stereocenters. The van der Waals surface area contributed by atoms with Gasteiger partial charge >= 0.3 is 69.4 Å². The van der Waals surface area contributed by atoms with Gasteiger partial charge in [-0.1, -0.05) is 0 Å². The summed E-state index contributed by atoms with van der Waals surface area (Å²) in [5, 5.41) is 20.9. The van der Waals surface area contributed by atoms with Crippen LogP contribution in [0.15, 0.2) is 69.6 Å². The van der Waals surface area contributed by atoms with E-state index in [9.17, 15) is 86.4 Å². The molecule has 49 nitrogen and oxygen atoms in total. The van der Waals surface area contributed by atoms with Crippen LogP contribution in [0.2, 0.25) is 0 Å². The molecule has 584 valence electrons. The molecule has 4 unspecified atom stereocenters. The molecule has 0 bridgehead atoms. The number of nitrogens with zero attached hydrogens (tertiary/aromatic N) is 9. The SMILES string of the molecule is Cc1cn([C@H]2C[C@H](OP(=O)(O)OC[C@H]3O[C@@H](n4cc(C)c(=O)[nH]c4=O)C[C@@H]3OP(=O)(O)OC[C@H]3O[C@@H](n4cnc5c(=O)[nH]c(N)nc54)C[C@@H]3OP(=O)(O)OC[C@H]3O[C@@H](n4cnc5c(=O)[nH]c(N)nc54)C[C@@H]3OP(=O)(O)OC[C@H]3O[C@@H](n4cc(C)c(=O)[nH]c4=O)C[C@@H]3O)[C@@H](CO)O2)c(=O)[nH]c1=O.NCCN.[Pt+2]. The number of rotatable bonds is 27. The zero-order valence-electron chi connectivity index (χ0n) is 55.4. The molecule has 7 aromatic heterocycles. The third-order valence-corrected chi connectivity index (χ3v) is 20.9. The maximum Gasteiger partial charge on any atom is 2.00 e. The average Bonchev–Trinajstić information content (AvgIpc) is 1.63. The van der Waals surface area contributed by atoms with Crippen LogP contribution in [0.1, 0.15) is 79.9 Å². The summed E-state index contributed by atoms with van der Waals surface area (Å²) < 4.78 is 134. The van der Waals surface area contributed by atoms with Crippen molar-refractivity contribution in [3.05, 3.63) is 131 Å². The first-order valence-electron chi connectivity index (χ1n) is 31.5. The molecule has 0 radical (unpaired) electrons. The number of anilines is 2. The summed E-state index contributed by atoms with van der Waals surface area (Å²) in [6.45, 7) is 0.527. The van der Waals surface area contributed by atoms with Crippen LogP contribution >= 0.6 is 31.3 Å². The second-order valence-electron chi connectivity index (χ2n) is 24.3. The van der Waals surface area contributed by atoms with Crippen molar-refractivity contribution in [3.63, 3.8) is 0 Å². The Balaban J connectivity index is 0.00000234. The van der Waals surface area contributed by atoms with Crippen LogP contribution in [0.4, 0.5) is 11.9 Å². The molecule has 5 aliphatic heterocycles. The number of hydrogen-bond acceptors (Lipinski definition) is 35. The normalized spacial score (nSPS) is 28.2. The molecule has 106 heavy (non-hydrogen) atoms. The number of aryl methyl sites for hydroxylation is 3.